The highest BCUT2D eigenvalue weighted by molar-refractivity contribution is 6.30. The lowest BCUT2D eigenvalue weighted by Gasteiger charge is -2.37. The van der Waals surface area contributed by atoms with Crippen molar-refractivity contribution in [3.05, 3.63) is 69.7 Å². The van der Waals surface area contributed by atoms with Crippen LogP contribution in [0, 0.1) is 5.92 Å². The van der Waals surface area contributed by atoms with E-state index in [0.717, 1.165) is 36.8 Å². The maximum Gasteiger partial charge on any atom is 0.108 e. The zero-order chi connectivity index (χ0) is 22.5. The van der Waals surface area contributed by atoms with Gasteiger partial charge >= 0.3 is 0 Å². The summed E-state index contributed by atoms with van der Waals surface area (Å²) in [5.41, 5.74) is 2.01. The Labute approximate surface area is 202 Å². The minimum absolute atomic E-state index is 0.271. The van der Waals surface area contributed by atoms with Crippen LogP contribution in [0.1, 0.15) is 43.4 Å². The van der Waals surface area contributed by atoms with Crippen molar-refractivity contribution < 1.29 is 9.84 Å². The molecule has 1 saturated carbocycles. The molecule has 0 spiro atoms. The van der Waals surface area contributed by atoms with E-state index in [1.807, 2.05) is 48.5 Å². The Morgan fingerprint density at radius 3 is 2.06 bits per heavy atom. The molecule has 2 fully saturated rings. The second kappa shape index (κ2) is 11.3. The molecule has 0 amide bonds. The molecular weight excluding hydrogens is 443 g/mol. The molecule has 1 N–H and O–H groups in total. The van der Waals surface area contributed by atoms with E-state index in [2.05, 4.69) is 16.7 Å². The topological polar surface area (TPSA) is 35.9 Å². The smallest absolute Gasteiger partial charge is 0.108 e. The Hall–Kier alpha value is -1.14. The maximum atomic E-state index is 10.8. The van der Waals surface area contributed by atoms with E-state index < -0.39 is 6.10 Å². The Balaban J connectivity index is 1.35. The summed E-state index contributed by atoms with van der Waals surface area (Å²) in [7, 11) is 0. The Morgan fingerprint density at radius 2 is 1.53 bits per heavy atom. The average molecular weight is 477 g/mol. The molecule has 1 heterocycles. The number of hydrogen-bond donors (Lipinski definition) is 1. The first-order valence-corrected chi connectivity index (χ1v) is 12.5. The van der Waals surface area contributed by atoms with E-state index >= 15 is 0 Å². The lowest BCUT2D eigenvalue weighted by atomic mass is 9.91. The standard InChI is InChI=1S/C26H34Cl2N2O2/c1-19-15-29(13-14-30(16-19)24-3-2-4-24)17-25(31)18-32-26(20-5-9-22(27)10-6-20)21-7-11-23(28)12-8-21/h5-12,19,24-26,31H,2-4,13-18H2,1H3. The van der Waals surface area contributed by atoms with E-state index in [1.54, 1.807) is 0 Å². The molecule has 2 aromatic rings. The summed E-state index contributed by atoms with van der Waals surface area (Å²) in [5, 5.41) is 12.2. The van der Waals surface area contributed by atoms with E-state index in [9.17, 15) is 5.11 Å². The van der Waals surface area contributed by atoms with Gasteiger partial charge in [-0.2, -0.15) is 0 Å². The molecule has 0 aromatic heterocycles. The molecule has 174 valence electrons. The van der Waals surface area contributed by atoms with E-state index in [4.69, 9.17) is 27.9 Å². The lowest BCUT2D eigenvalue weighted by molar-refractivity contribution is -0.00891. The van der Waals surface area contributed by atoms with Crippen molar-refractivity contribution in [2.75, 3.05) is 39.3 Å². The van der Waals surface area contributed by atoms with E-state index in [1.165, 1.54) is 25.8 Å². The van der Waals surface area contributed by atoms with Crippen LogP contribution in [-0.4, -0.2) is 66.4 Å². The molecule has 2 atom stereocenters. The average Bonchev–Trinajstić information content (AvgIpc) is 2.90. The third-order valence-corrected chi connectivity index (χ3v) is 7.18. The number of ether oxygens (including phenoxy) is 1. The number of β-amino-alcohol motifs (C(OH)–C–C–N with tert-alkyl or cyclic N) is 1. The van der Waals surface area contributed by atoms with Crippen molar-refractivity contribution in [2.45, 2.75) is 44.4 Å². The van der Waals surface area contributed by atoms with E-state index in [-0.39, 0.29) is 12.7 Å². The van der Waals surface area contributed by atoms with Crippen molar-refractivity contribution >= 4 is 23.2 Å². The van der Waals surface area contributed by atoms with Crippen LogP contribution in [0.4, 0.5) is 0 Å². The first kappa shape index (κ1) is 24.0. The van der Waals surface area contributed by atoms with Gasteiger partial charge in [0.2, 0.25) is 0 Å². The van der Waals surface area contributed by atoms with Crippen molar-refractivity contribution in [3.63, 3.8) is 0 Å². The summed E-state index contributed by atoms with van der Waals surface area (Å²) in [4.78, 5) is 5.06. The van der Waals surface area contributed by atoms with Crippen LogP contribution >= 0.6 is 23.2 Å². The summed E-state index contributed by atoms with van der Waals surface area (Å²) in [6, 6.07) is 16.1. The molecular formula is C26H34Cl2N2O2. The third kappa shape index (κ3) is 6.47. The van der Waals surface area contributed by atoms with Crippen molar-refractivity contribution in [2.24, 2.45) is 5.92 Å². The molecule has 4 rings (SSSR count). The first-order valence-electron chi connectivity index (χ1n) is 11.7. The Morgan fingerprint density at radius 1 is 0.938 bits per heavy atom. The zero-order valence-corrected chi connectivity index (χ0v) is 20.3. The highest BCUT2D eigenvalue weighted by atomic mass is 35.5. The zero-order valence-electron chi connectivity index (χ0n) is 18.8. The Bertz CT molecular complexity index is 796. The van der Waals surface area contributed by atoms with Crippen LogP contribution < -0.4 is 0 Å². The van der Waals surface area contributed by atoms with Gasteiger partial charge in [-0.05, 0) is 54.2 Å². The van der Waals surface area contributed by atoms with Crippen LogP contribution in [0.25, 0.3) is 0 Å². The van der Waals surface area contributed by atoms with Crippen molar-refractivity contribution in [3.8, 4) is 0 Å². The van der Waals surface area contributed by atoms with Gasteiger partial charge in [-0.3, -0.25) is 9.80 Å². The third-order valence-electron chi connectivity index (χ3n) is 6.68. The number of hydrogen-bond acceptors (Lipinski definition) is 4. The quantitative estimate of drug-likeness (QED) is 0.562. The number of halogens is 2. The van der Waals surface area contributed by atoms with Crippen LogP contribution in [0.15, 0.2) is 48.5 Å². The molecule has 6 heteroatoms. The molecule has 2 unspecified atom stereocenters. The molecule has 0 bridgehead atoms. The maximum absolute atomic E-state index is 10.8. The number of benzene rings is 2. The lowest BCUT2D eigenvalue weighted by Crippen LogP contribution is -2.43. The molecule has 1 saturated heterocycles. The summed E-state index contributed by atoms with van der Waals surface area (Å²) in [5.74, 6) is 0.613. The fraction of sp³-hybridized carbons (Fsp3) is 0.538. The predicted octanol–water partition coefficient (Wildman–Crippen LogP) is 5.27. The molecule has 4 nitrogen and oxygen atoms in total. The van der Waals surface area contributed by atoms with Crippen molar-refractivity contribution in [1.82, 2.24) is 9.80 Å². The van der Waals surface area contributed by atoms with Gasteiger partial charge in [-0.15, -0.1) is 0 Å². The van der Waals surface area contributed by atoms with Gasteiger partial charge in [0.15, 0.2) is 0 Å². The Kier molecular flexibility index (Phi) is 8.49. The van der Waals surface area contributed by atoms with Gasteiger partial charge in [-0.1, -0.05) is 60.8 Å². The van der Waals surface area contributed by atoms with Crippen LogP contribution in [0.2, 0.25) is 10.0 Å². The summed E-state index contributed by atoms with van der Waals surface area (Å²) in [6.07, 6.45) is 3.24. The van der Waals surface area contributed by atoms with Crippen molar-refractivity contribution in [1.29, 1.82) is 0 Å². The molecule has 32 heavy (non-hydrogen) atoms. The second-order valence-corrected chi connectivity index (χ2v) is 10.3. The minimum Gasteiger partial charge on any atom is -0.389 e. The van der Waals surface area contributed by atoms with Gasteiger partial charge in [0.05, 0.1) is 12.7 Å². The highest BCUT2D eigenvalue weighted by Gasteiger charge is 2.29. The summed E-state index contributed by atoms with van der Waals surface area (Å²) >= 11 is 12.2. The van der Waals surface area contributed by atoms with Gasteiger partial charge in [0.25, 0.3) is 0 Å². The minimum atomic E-state index is -0.542. The van der Waals surface area contributed by atoms with Crippen LogP contribution in [0.3, 0.4) is 0 Å². The number of aliphatic hydroxyl groups excluding tert-OH is 1. The molecule has 2 aromatic carbocycles. The van der Waals surface area contributed by atoms with Gasteiger partial charge in [-0.25, -0.2) is 0 Å². The molecule has 2 aliphatic rings. The number of aliphatic hydroxyl groups is 1. The molecule has 1 aliphatic heterocycles. The molecule has 1 aliphatic carbocycles. The van der Waals surface area contributed by atoms with Crippen LogP contribution in [-0.2, 0) is 4.74 Å². The largest absolute Gasteiger partial charge is 0.389 e. The van der Waals surface area contributed by atoms with Gasteiger partial charge < -0.3 is 9.84 Å². The second-order valence-electron chi connectivity index (χ2n) is 9.41. The van der Waals surface area contributed by atoms with Gasteiger partial charge in [0, 0.05) is 48.8 Å². The number of nitrogens with zero attached hydrogens (tertiary/aromatic N) is 2. The predicted molar refractivity (Wildman–Crippen MR) is 132 cm³/mol. The fourth-order valence-electron chi connectivity index (χ4n) is 4.82. The summed E-state index contributed by atoms with van der Waals surface area (Å²) < 4.78 is 6.27. The normalized spacial score (nSPS) is 22.0. The first-order chi connectivity index (χ1) is 15.5. The SMILES string of the molecule is CC1CN(CC(O)COC(c2ccc(Cl)cc2)c2ccc(Cl)cc2)CCN(C2CCC2)C1. The molecule has 0 radical (unpaired) electrons. The van der Waals surface area contributed by atoms with Crippen LogP contribution in [0.5, 0.6) is 0 Å². The van der Waals surface area contributed by atoms with E-state index in [0.29, 0.717) is 22.5 Å². The highest BCUT2D eigenvalue weighted by Crippen LogP contribution is 2.29. The monoisotopic (exact) mass is 476 g/mol. The summed E-state index contributed by atoms with van der Waals surface area (Å²) in [6.45, 7) is 7.53. The number of rotatable bonds is 8. The van der Waals surface area contributed by atoms with Gasteiger partial charge in [0.1, 0.15) is 6.10 Å². The fourth-order valence-corrected chi connectivity index (χ4v) is 5.07.